The van der Waals surface area contributed by atoms with Crippen molar-refractivity contribution >= 4 is 71.0 Å². The molecule has 384 valence electrons. The van der Waals surface area contributed by atoms with Gasteiger partial charge in [-0.05, 0) is 88.5 Å². The van der Waals surface area contributed by atoms with Crippen LogP contribution in [0.3, 0.4) is 0 Å². The summed E-state index contributed by atoms with van der Waals surface area (Å²) in [6.07, 6.45) is 0.575. The van der Waals surface area contributed by atoms with E-state index < -0.39 is 117 Å². The van der Waals surface area contributed by atoms with E-state index >= 15 is 0 Å². The lowest BCUT2D eigenvalue weighted by molar-refractivity contribution is -0.198. The Morgan fingerprint density at radius 2 is 0.855 bits per heavy atom. The summed E-state index contributed by atoms with van der Waals surface area (Å²) in [6, 6.07) is -4.59. The number of ether oxygens (including phenoxy) is 2. The molecule has 24 nitrogen and oxygen atoms in total. The fourth-order valence-corrected chi connectivity index (χ4v) is 5.80. The average Bonchev–Trinajstić information content (AvgIpc) is 3.74. The molecule has 0 bridgehead atoms. The number of carbonyl (C=O) groups is 12. The summed E-state index contributed by atoms with van der Waals surface area (Å²) in [5, 5.41) is 15.9. The number of carbonyl (C=O) groups excluding carboxylic acids is 12. The smallest absolute Gasteiger partial charge is 0.354 e. The van der Waals surface area contributed by atoms with Gasteiger partial charge in [-0.3, -0.25) is 47.9 Å². The third-order valence-electron chi connectivity index (χ3n) is 10.9. The van der Waals surface area contributed by atoms with E-state index in [0.29, 0.717) is 23.0 Å². The average molecular weight is 977 g/mol. The minimum absolute atomic E-state index is 0.0754. The van der Waals surface area contributed by atoms with E-state index in [0.717, 1.165) is 0 Å². The molecule has 2 saturated heterocycles. The zero-order valence-corrected chi connectivity index (χ0v) is 41.5. The van der Waals surface area contributed by atoms with Gasteiger partial charge in [-0.1, -0.05) is 13.8 Å². The largest absolute Gasteiger partial charge is 0.375 e. The zero-order valence-electron chi connectivity index (χ0n) is 41.5. The van der Waals surface area contributed by atoms with E-state index in [1.165, 1.54) is 27.7 Å². The molecule has 2 heterocycles. The van der Waals surface area contributed by atoms with Crippen LogP contribution in [0, 0.1) is 22.7 Å². The van der Waals surface area contributed by atoms with Crippen LogP contribution in [0.2, 0.25) is 0 Å². The van der Waals surface area contributed by atoms with Crippen LogP contribution in [0.5, 0.6) is 0 Å². The third kappa shape index (κ3) is 19.6. The summed E-state index contributed by atoms with van der Waals surface area (Å²) in [5.74, 6) is -4.05. The molecule has 0 aromatic carbocycles. The Kier molecular flexibility index (Phi) is 21.4. The Labute approximate surface area is 401 Å². The van der Waals surface area contributed by atoms with Crippen LogP contribution in [0.1, 0.15) is 128 Å². The molecule has 6 N–H and O–H groups in total. The van der Waals surface area contributed by atoms with Crippen molar-refractivity contribution in [2.75, 3.05) is 26.3 Å². The van der Waals surface area contributed by atoms with Gasteiger partial charge >= 0.3 is 11.9 Å². The number of rotatable bonds is 25. The number of hydrogen-bond donors (Lipinski definition) is 6. The van der Waals surface area contributed by atoms with Crippen molar-refractivity contribution < 1.29 is 76.7 Å². The van der Waals surface area contributed by atoms with Gasteiger partial charge in [0.15, 0.2) is 0 Å². The van der Waals surface area contributed by atoms with Gasteiger partial charge in [0.2, 0.25) is 23.6 Å². The predicted octanol–water partition coefficient (Wildman–Crippen LogP) is -0.731. The Balaban J connectivity index is 1.68. The first-order valence-corrected chi connectivity index (χ1v) is 22.5. The minimum Gasteiger partial charge on any atom is -0.375 e. The molecule has 0 aliphatic carbocycles. The van der Waals surface area contributed by atoms with Gasteiger partial charge < -0.3 is 51.0 Å². The Morgan fingerprint density at radius 1 is 0.507 bits per heavy atom. The predicted molar refractivity (Wildman–Crippen MR) is 240 cm³/mol. The van der Waals surface area contributed by atoms with E-state index in [-0.39, 0.29) is 58.4 Å². The molecule has 0 aromatic heterocycles. The highest BCUT2D eigenvalue weighted by Crippen LogP contribution is 2.25. The number of hydrogen-bond acceptors (Lipinski definition) is 16. The maximum absolute atomic E-state index is 13.1. The Bertz CT molecular complexity index is 2040. The van der Waals surface area contributed by atoms with Crippen LogP contribution in [0.15, 0.2) is 0 Å². The molecule has 69 heavy (non-hydrogen) atoms. The summed E-state index contributed by atoms with van der Waals surface area (Å²) >= 11 is 0. The first-order chi connectivity index (χ1) is 31.8. The van der Waals surface area contributed by atoms with Crippen molar-refractivity contribution in [3.63, 3.8) is 0 Å². The van der Waals surface area contributed by atoms with Gasteiger partial charge in [0.1, 0.15) is 24.2 Å². The summed E-state index contributed by atoms with van der Waals surface area (Å²) < 4.78 is 12.0. The molecule has 2 aliphatic rings. The van der Waals surface area contributed by atoms with Crippen molar-refractivity contribution in [1.29, 1.82) is 0 Å². The van der Waals surface area contributed by atoms with E-state index in [1.807, 2.05) is 0 Å². The normalized spacial score (nSPS) is 16.0. The molecule has 10 amide bonds. The first-order valence-electron chi connectivity index (χ1n) is 22.5. The first kappa shape index (κ1) is 58.6. The van der Waals surface area contributed by atoms with Crippen LogP contribution in [0.4, 0.5) is 0 Å². The van der Waals surface area contributed by atoms with Crippen LogP contribution in [-0.4, -0.2) is 143 Å². The summed E-state index contributed by atoms with van der Waals surface area (Å²) in [4.78, 5) is 157. The van der Waals surface area contributed by atoms with Crippen molar-refractivity contribution in [1.82, 2.24) is 42.0 Å². The molecule has 0 saturated carbocycles. The summed E-state index contributed by atoms with van der Waals surface area (Å²) in [7, 11) is 0. The fraction of sp³-hybridized carbons (Fsp3) is 0.689. The number of nitrogens with zero attached hydrogens (tertiary/aromatic N) is 2. The summed E-state index contributed by atoms with van der Waals surface area (Å²) in [6.45, 7) is 19.4. The SMILES string of the molecule is CC(NC(=O)C(C)(C)CCOC(C)(C)CCNC(=O)C#CC(=O)NCCC(C)(C)OCC(C)(C)C(=O)NC(C)C(=O)NC(C)C(=O)ON1C(=O)CCC1=O)C(=O)NC(C)C(=O)ON1C(=O)CCC1=O. The van der Waals surface area contributed by atoms with Crippen molar-refractivity contribution in [2.45, 2.75) is 163 Å². The second-order valence-corrected chi connectivity index (χ2v) is 19.3. The van der Waals surface area contributed by atoms with E-state index in [4.69, 9.17) is 19.1 Å². The molecule has 4 unspecified atom stereocenters. The van der Waals surface area contributed by atoms with Crippen LogP contribution < -0.4 is 31.9 Å². The van der Waals surface area contributed by atoms with E-state index in [2.05, 4.69) is 43.7 Å². The molecule has 0 aromatic rings. The molecule has 4 atom stereocenters. The van der Waals surface area contributed by atoms with Gasteiger partial charge in [0.05, 0.1) is 23.2 Å². The maximum atomic E-state index is 13.1. The number of nitrogens with one attached hydrogen (secondary N) is 6. The highest BCUT2D eigenvalue weighted by Gasteiger charge is 2.38. The lowest BCUT2D eigenvalue weighted by atomic mass is 9.88. The molecule has 0 radical (unpaired) electrons. The molecule has 2 aliphatic heterocycles. The van der Waals surface area contributed by atoms with Gasteiger partial charge in [-0.15, -0.1) is 10.1 Å². The molecule has 24 heteroatoms. The number of hydroxylamine groups is 4. The van der Waals surface area contributed by atoms with Gasteiger partial charge in [0.25, 0.3) is 35.4 Å². The zero-order chi connectivity index (χ0) is 52.7. The third-order valence-corrected chi connectivity index (χ3v) is 10.9. The van der Waals surface area contributed by atoms with E-state index in [9.17, 15) is 57.5 Å². The van der Waals surface area contributed by atoms with Crippen molar-refractivity contribution in [3.05, 3.63) is 0 Å². The topological polar surface area (TPSA) is 320 Å². The Morgan fingerprint density at radius 3 is 1.23 bits per heavy atom. The Hall–Kier alpha value is -6.48. The van der Waals surface area contributed by atoms with Gasteiger partial charge in [-0.25, -0.2) is 9.59 Å². The molecule has 0 spiro atoms. The highest BCUT2D eigenvalue weighted by molar-refractivity contribution is 6.04. The fourth-order valence-electron chi connectivity index (χ4n) is 5.80. The molecular weight excluding hydrogens is 909 g/mol. The second kappa shape index (κ2) is 25.2. The van der Waals surface area contributed by atoms with Crippen LogP contribution >= 0.6 is 0 Å². The maximum Gasteiger partial charge on any atom is 0.354 e. The lowest BCUT2D eigenvalue weighted by Crippen LogP contribution is -2.53. The standard InChI is InChI=1S/C45H68N8O16/c1-26(36(60)48-28(3)38(62)68-52-32(56)15-16-33(52)57)50-40(64)42(5,6)21-24-66-44(9,10)19-22-46-30(54)13-14-31(55)47-23-20-45(11,12)67-25-43(7,8)41(65)51-27(2)37(61)49-29(4)39(63)69-53-34(58)17-18-35(53)59/h26-29H,15-25H2,1-12H3,(H,46,54)(H,47,55)(H,48,60)(H,49,61)(H,50,64)(H,51,65). The summed E-state index contributed by atoms with van der Waals surface area (Å²) in [5.41, 5.74) is -3.68. The van der Waals surface area contributed by atoms with Crippen molar-refractivity contribution in [2.24, 2.45) is 10.8 Å². The van der Waals surface area contributed by atoms with Crippen LogP contribution in [-0.2, 0) is 76.7 Å². The number of imide groups is 2. The number of amides is 10. The van der Waals surface area contributed by atoms with Gasteiger partial charge in [0, 0.05) is 62.6 Å². The monoisotopic (exact) mass is 976 g/mol. The second-order valence-electron chi connectivity index (χ2n) is 19.3. The molecule has 2 fully saturated rings. The molecular formula is C45H68N8O16. The molecule has 2 rings (SSSR count). The lowest BCUT2D eigenvalue weighted by Gasteiger charge is -2.32. The quantitative estimate of drug-likeness (QED) is 0.0485. The van der Waals surface area contributed by atoms with E-state index in [1.54, 1.807) is 55.4 Å². The van der Waals surface area contributed by atoms with Crippen molar-refractivity contribution in [3.8, 4) is 11.8 Å². The highest BCUT2D eigenvalue weighted by atomic mass is 16.7. The van der Waals surface area contributed by atoms with Crippen LogP contribution in [0.25, 0.3) is 0 Å². The van der Waals surface area contributed by atoms with Gasteiger partial charge in [-0.2, -0.15) is 0 Å². The minimum atomic E-state index is -1.23.